The van der Waals surface area contributed by atoms with E-state index in [2.05, 4.69) is 5.32 Å². The first-order valence-corrected chi connectivity index (χ1v) is 6.69. The molecule has 0 aliphatic carbocycles. The van der Waals surface area contributed by atoms with Gasteiger partial charge in [-0.1, -0.05) is 23.7 Å². The molecule has 0 radical (unpaired) electrons. The zero-order valence-electron chi connectivity index (χ0n) is 9.81. The second kappa shape index (κ2) is 5.85. The molecule has 0 saturated heterocycles. The molecule has 0 aliphatic heterocycles. The number of nitrogens with one attached hydrogen (secondary N) is 1. The van der Waals surface area contributed by atoms with Gasteiger partial charge in [-0.05, 0) is 42.1 Å². The monoisotopic (exact) mass is 277 g/mol. The van der Waals surface area contributed by atoms with Crippen molar-refractivity contribution in [3.8, 4) is 0 Å². The first-order valence-electron chi connectivity index (χ1n) is 5.44. The predicted molar refractivity (Wildman–Crippen MR) is 78.2 cm³/mol. The van der Waals surface area contributed by atoms with Gasteiger partial charge >= 0.3 is 0 Å². The van der Waals surface area contributed by atoms with Crippen LogP contribution in [0.15, 0.2) is 41.8 Å². The van der Waals surface area contributed by atoms with E-state index in [1.807, 2.05) is 36.6 Å². The molecule has 1 aromatic heterocycles. The van der Waals surface area contributed by atoms with E-state index < -0.39 is 0 Å². The number of rotatable bonds is 3. The normalized spacial score (nSPS) is 10.8. The molecule has 18 heavy (non-hydrogen) atoms. The molecular formula is C14H12ClNOS. The third kappa shape index (κ3) is 3.45. The zero-order valence-corrected chi connectivity index (χ0v) is 11.4. The van der Waals surface area contributed by atoms with Gasteiger partial charge < -0.3 is 5.32 Å². The molecule has 0 atom stereocenters. The van der Waals surface area contributed by atoms with E-state index >= 15 is 0 Å². The Morgan fingerprint density at radius 1 is 1.39 bits per heavy atom. The fourth-order valence-corrected chi connectivity index (χ4v) is 2.34. The summed E-state index contributed by atoms with van der Waals surface area (Å²) in [6.45, 7) is 1.95. The summed E-state index contributed by atoms with van der Waals surface area (Å²) in [6, 6.07) is 9.42. The Labute approximate surface area is 115 Å². The fraction of sp³-hybridized carbons (Fsp3) is 0.0714. The highest BCUT2D eigenvalue weighted by Crippen LogP contribution is 2.22. The summed E-state index contributed by atoms with van der Waals surface area (Å²) in [6.07, 6.45) is 3.28. The molecule has 92 valence electrons. The molecule has 1 amide bonds. The number of benzene rings is 1. The number of aryl methyl sites for hydroxylation is 1. The minimum absolute atomic E-state index is 0.186. The lowest BCUT2D eigenvalue weighted by Crippen LogP contribution is -2.08. The van der Waals surface area contributed by atoms with Gasteiger partial charge in [0.1, 0.15) is 0 Å². The standard InChI is InChI=1S/C14H12ClNOS/c1-10-4-6-13(12(15)9-10)16-14(17)7-5-11-3-2-8-18-11/h2-9H,1H3,(H,16,17). The summed E-state index contributed by atoms with van der Waals surface area (Å²) in [5.74, 6) is -0.186. The lowest BCUT2D eigenvalue weighted by atomic mass is 10.2. The minimum Gasteiger partial charge on any atom is -0.321 e. The Morgan fingerprint density at radius 2 is 2.22 bits per heavy atom. The van der Waals surface area contributed by atoms with Crippen LogP contribution in [0, 0.1) is 6.92 Å². The lowest BCUT2D eigenvalue weighted by molar-refractivity contribution is -0.111. The highest BCUT2D eigenvalue weighted by atomic mass is 35.5. The van der Waals surface area contributed by atoms with E-state index in [4.69, 9.17) is 11.6 Å². The van der Waals surface area contributed by atoms with E-state index in [1.165, 1.54) is 6.08 Å². The number of hydrogen-bond acceptors (Lipinski definition) is 2. The number of amides is 1. The van der Waals surface area contributed by atoms with Gasteiger partial charge in [0.15, 0.2) is 0 Å². The van der Waals surface area contributed by atoms with E-state index in [0.717, 1.165) is 10.4 Å². The molecule has 0 spiro atoms. The topological polar surface area (TPSA) is 29.1 Å². The summed E-state index contributed by atoms with van der Waals surface area (Å²) in [4.78, 5) is 12.7. The lowest BCUT2D eigenvalue weighted by Gasteiger charge is -2.05. The SMILES string of the molecule is Cc1ccc(NC(=O)C=Cc2cccs2)c(Cl)c1. The van der Waals surface area contributed by atoms with Crippen LogP contribution in [0.4, 0.5) is 5.69 Å². The Hall–Kier alpha value is -1.58. The van der Waals surface area contributed by atoms with Crippen molar-refractivity contribution >= 4 is 40.6 Å². The molecule has 0 aliphatic rings. The number of hydrogen-bond donors (Lipinski definition) is 1. The number of thiophene rings is 1. The van der Waals surface area contributed by atoms with Crippen molar-refractivity contribution in [3.05, 3.63) is 57.3 Å². The molecule has 1 heterocycles. The third-order valence-electron chi connectivity index (χ3n) is 2.32. The zero-order chi connectivity index (χ0) is 13.0. The molecule has 4 heteroatoms. The molecule has 2 aromatic rings. The molecule has 1 aromatic carbocycles. The Morgan fingerprint density at radius 3 is 2.89 bits per heavy atom. The molecule has 0 bridgehead atoms. The highest BCUT2D eigenvalue weighted by Gasteiger charge is 2.03. The predicted octanol–water partition coefficient (Wildman–Crippen LogP) is 4.36. The first kappa shape index (κ1) is 12.9. The largest absolute Gasteiger partial charge is 0.321 e. The molecule has 0 fully saturated rings. The smallest absolute Gasteiger partial charge is 0.248 e. The fourth-order valence-electron chi connectivity index (χ4n) is 1.44. The molecule has 0 unspecified atom stereocenters. The van der Waals surface area contributed by atoms with Gasteiger partial charge in [-0.25, -0.2) is 0 Å². The molecule has 2 nitrogen and oxygen atoms in total. The van der Waals surface area contributed by atoms with Gasteiger partial charge in [-0.2, -0.15) is 0 Å². The number of carbonyl (C=O) groups excluding carboxylic acids is 1. The van der Waals surface area contributed by atoms with Crippen LogP contribution in [0.5, 0.6) is 0 Å². The first-order chi connectivity index (χ1) is 8.65. The van der Waals surface area contributed by atoms with Gasteiger partial charge in [0, 0.05) is 11.0 Å². The van der Waals surface area contributed by atoms with Crippen LogP contribution < -0.4 is 5.32 Å². The van der Waals surface area contributed by atoms with E-state index in [-0.39, 0.29) is 5.91 Å². The van der Waals surface area contributed by atoms with Crippen LogP contribution in [0.2, 0.25) is 5.02 Å². The molecule has 1 N–H and O–H groups in total. The van der Waals surface area contributed by atoms with Crippen molar-refractivity contribution < 1.29 is 4.79 Å². The van der Waals surface area contributed by atoms with Gasteiger partial charge in [-0.15, -0.1) is 11.3 Å². The summed E-state index contributed by atoms with van der Waals surface area (Å²) in [5.41, 5.74) is 1.69. The Kier molecular flexibility index (Phi) is 4.18. The van der Waals surface area contributed by atoms with Crippen molar-refractivity contribution in [2.24, 2.45) is 0 Å². The summed E-state index contributed by atoms with van der Waals surface area (Å²) >= 11 is 7.62. The van der Waals surface area contributed by atoms with Gasteiger partial charge in [0.25, 0.3) is 0 Å². The average Bonchev–Trinajstić information content (AvgIpc) is 2.83. The van der Waals surface area contributed by atoms with Crippen molar-refractivity contribution in [2.45, 2.75) is 6.92 Å². The Balaban J connectivity index is 2.03. The highest BCUT2D eigenvalue weighted by molar-refractivity contribution is 7.10. The van der Waals surface area contributed by atoms with Crippen molar-refractivity contribution in [1.82, 2.24) is 0 Å². The van der Waals surface area contributed by atoms with Crippen LogP contribution in [0.25, 0.3) is 6.08 Å². The number of anilines is 1. The van der Waals surface area contributed by atoms with Gasteiger partial charge in [-0.3, -0.25) is 4.79 Å². The minimum atomic E-state index is -0.186. The second-order valence-corrected chi connectivity index (χ2v) is 5.21. The third-order valence-corrected chi connectivity index (χ3v) is 3.47. The molecule has 0 saturated carbocycles. The summed E-state index contributed by atoms with van der Waals surface area (Å²) in [7, 11) is 0. The maximum atomic E-state index is 11.7. The Bertz CT molecular complexity index is 575. The van der Waals surface area contributed by atoms with E-state index in [9.17, 15) is 4.79 Å². The number of carbonyl (C=O) groups is 1. The van der Waals surface area contributed by atoms with Crippen molar-refractivity contribution in [1.29, 1.82) is 0 Å². The van der Waals surface area contributed by atoms with Crippen LogP contribution >= 0.6 is 22.9 Å². The van der Waals surface area contributed by atoms with Gasteiger partial charge in [0.05, 0.1) is 10.7 Å². The quantitative estimate of drug-likeness (QED) is 0.830. The van der Waals surface area contributed by atoms with E-state index in [1.54, 1.807) is 23.5 Å². The summed E-state index contributed by atoms with van der Waals surface area (Å²) < 4.78 is 0. The molecular weight excluding hydrogens is 266 g/mol. The molecule has 2 rings (SSSR count). The van der Waals surface area contributed by atoms with E-state index in [0.29, 0.717) is 10.7 Å². The number of halogens is 1. The van der Waals surface area contributed by atoms with Crippen molar-refractivity contribution in [2.75, 3.05) is 5.32 Å². The van der Waals surface area contributed by atoms with Crippen molar-refractivity contribution in [3.63, 3.8) is 0 Å². The summed E-state index contributed by atoms with van der Waals surface area (Å²) in [5, 5.41) is 5.26. The average molecular weight is 278 g/mol. The maximum absolute atomic E-state index is 11.7. The van der Waals surface area contributed by atoms with Crippen LogP contribution in [0.1, 0.15) is 10.4 Å². The van der Waals surface area contributed by atoms with Gasteiger partial charge in [0.2, 0.25) is 5.91 Å². The van der Waals surface area contributed by atoms with Crippen LogP contribution in [-0.4, -0.2) is 5.91 Å². The maximum Gasteiger partial charge on any atom is 0.248 e. The van der Waals surface area contributed by atoms with Crippen LogP contribution in [0.3, 0.4) is 0 Å². The van der Waals surface area contributed by atoms with Crippen LogP contribution in [-0.2, 0) is 4.79 Å². The second-order valence-electron chi connectivity index (χ2n) is 3.82.